The van der Waals surface area contributed by atoms with Crippen LogP contribution in [-0.4, -0.2) is 24.7 Å². The van der Waals surface area contributed by atoms with Gasteiger partial charge in [0, 0.05) is 18.9 Å². The third kappa shape index (κ3) is 4.63. The van der Waals surface area contributed by atoms with Crippen LogP contribution in [0.5, 0.6) is 0 Å². The summed E-state index contributed by atoms with van der Waals surface area (Å²) in [5, 5.41) is 15.4. The zero-order chi connectivity index (χ0) is 17.8. The maximum absolute atomic E-state index is 12.9. The lowest BCUT2D eigenvalue weighted by atomic mass is 10.2. The number of nitrogens with zero attached hydrogens (tertiary/aromatic N) is 4. The fraction of sp³-hybridized carbons (Fsp3) is 0.235. The van der Waals surface area contributed by atoms with Gasteiger partial charge in [-0.25, -0.2) is 4.39 Å². The minimum Gasteiger partial charge on any atom is -0.357 e. The Kier molecular flexibility index (Phi) is 5.08. The molecule has 0 spiro atoms. The molecule has 0 aliphatic heterocycles. The highest BCUT2D eigenvalue weighted by Crippen LogP contribution is 2.09. The van der Waals surface area contributed by atoms with Gasteiger partial charge in [0.1, 0.15) is 5.82 Å². The molecule has 2 heterocycles. The van der Waals surface area contributed by atoms with Crippen LogP contribution in [0.1, 0.15) is 17.0 Å². The molecule has 0 bridgehead atoms. The van der Waals surface area contributed by atoms with Crippen LogP contribution in [0.2, 0.25) is 0 Å². The first kappa shape index (κ1) is 17.1. The molecule has 8 heteroatoms. The number of nitrogens with one attached hydrogen (secondary N) is 2. The van der Waals surface area contributed by atoms with Gasteiger partial charge in [0.2, 0.25) is 0 Å². The van der Waals surface area contributed by atoms with E-state index in [1.165, 1.54) is 12.1 Å². The van der Waals surface area contributed by atoms with Crippen LogP contribution >= 0.6 is 12.2 Å². The molecule has 0 amide bonds. The molecule has 0 unspecified atom stereocenters. The molecule has 6 nitrogen and oxygen atoms in total. The van der Waals surface area contributed by atoms with Crippen molar-refractivity contribution in [1.82, 2.24) is 24.9 Å². The van der Waals surface area contributed by atoms with Crippen molar-refractivity contribution in [3.8, 4) is 0 Å². The van der Waals surface area contributed by atoms with E-state index in [9.17, 15) is 4.39 Å². The molecule has 0 aliphatic carbocycles. The lowest BCUT2D eigenvalue weighted by molar-refractivity contribution is 0.624. The fourth-order valence-corrected chi connectivity index (χ4v) is 2.55. The topological polar surface area (TPSA) is 59.7 Å². The normalized spacial score (nSPS) is 10.7. The summed E-state index contributed by atoms with van der Waals surface area (Å²) in [5.41, 5.74) is 3.79. The van der Waals surface area contributed by atoms with Crippen molar-refractivity contribution in [2.75, 3.05) is 5.32 Å². The lowest BCUT2D eigenvalue weighted by Crippen LogP contribution is -2.27. The van der Waals surface area contributed by atoms with E-state index in [4.69, 9.17) is 12.2 Å². The van der Waals surface area contributed by atoms with Crippen LogP contribution in [-0.2, 0) is 20.1 Å². The van der Waals surface area contributed by atoms with Crippen LogP contribution in [0, 0.1) is 12.7 Å². The molecule has 0 saturated carbocycles. The number of benzene rings is 1. The Bertz CT molecular complexity index is 848. The van der Waals surface area contributed by atoms with Gasteiger partial charge in [0.25, 0.3) is 0 Å². The Morgan fingerprint density at radius 2 is 2.04 bits per heavy atom. The first-order valence-electron chi connectivity index (χ1n) is 7.81. The molecule has 2 aromatic heterocycles. The molecule has 1 aromatic carbocycles. The molecule has 0 saturated heterocycles. The monoisotopic (exact) mass is 358 g/mol. The Morgan fingerprint density at radius 3 is 2.72 bits per heavy atom. The average Bonchev–Trinajstić information content (AvgIpc) is 3.14. The molecule has 2 N–H and O–H groups in total. The second kappa shape index (κ2) is 7.43. The van der Waals surface area contributed by atoms with Crippen LogP contribution < -0.4 is 10.6 Å². The maximum atomic E-state index is 12.9. The molecule has 3 rings (SSSR count). The average molecular weight is 358 g/mol. The number of rotatable bonds is 5. The largest absolute Gasteiger partial charge is 0.357 e. The minimum atomic E-state index is -0.244. The van der Waals surface area contributed by atoms with Crippen molar-refractivity contribution in [3.05, 3.63) is 65.5 Å². The third-order valence-corrected chi connectivity index (χ3v) is 3.99. The van der Waals surface area contributed by atoms with Gasteiger partial charge < -0.3 is 10.6 Å². The highest BCUT2D eigenvalue weighted by Gasteiger charge is 2.05. The quantitative estimate of drug-likeness (QED) is 0.687. The van der Waals surface area contributed by atoms with Gasteiger partial charge in [0.05, 0.1) is 30.7 Å². The summed E-state index contributed by atoms with van der Waals surface area (Å²) in [6.45, 7) is 3.12. The van der Waals surface area contributed by atoms with Gasteiger partial charge >= 0.3 is 0 Å². The van der Waals surface area contributed by atoms with Crippen molar-refractivity contribution in [2.45, 2.75) is 20.0 Å². The van der Waals surface area contributed by atoms with Crippen molar-refractivity contribution >= 4 is 23.0 Å². The Morgan fingerprint density at radius 1 is 1.28 bits per heavy atom. The zero-order valence-electron chi connectivity index (χ0n) is 14.0. The van der Waals surface area contributed by atoms with Crippen LogP contribution in [0.15, 0.2) is 42.7 Å². The van der Waals surface area contributed by atoms with E-state index in [1.807, 2.05) is 30.9 Å². The molecule has 0 aliphatic rings. The standard InChI is InChI=1S/C17H19FN6S/c1-12-7-15(22-23(12)2)8-19-17(25)21-16-9-20-24(11-16)10-13-3-5-14(18)6-4-13/h3-7,9,11H,8,10H2,1-2H3,(H2,19,21,25). The second-order valence-corrected chi connectivity index (χ2v) is 6.17. The number of halogens is 1. The summed E-state index contributed by atoms with van der Waals surface area (Å²) < 4.78 is 16.5. The predicted molar refractivity (Wildman–Crippen MR) is 98.7 cm³/mol. The van der Waals surface area contributed by atoms with Crippen molar-refractivity contribution in [3.63, 3.8) is 0 Å². The number of thiocarbonyl (C=S) groups is 1. The van der Waals surface area contributed by atoms with E-state index in [-0.39, 0.29) is 5.82 Å². The van der Waals surface area contributed by atoms with Crippen molar-refractivity contribution < 1.29 is 4.39 Å². The molecule has 3 aromatic rings. The van der Waals surface area contributed by atoms with E-state index in [2.05, 4.69) is 20.8 Å². The van der Waals surface area contributed by atoms with Gasteiger partial charge in [-0.2, -0.15) is 10.2 Å². The summed E-state index contributed by atoms with van der Waals surface area (Å²) in [4.78, 5) is 0. The van der Waals surface area contributed by atoms with Crippen LogP contribution in [0.4, 0.5) is 10.1 Å². The van der Waals surface area contributed by atoms with E-state index >= 15 is 0 Å². The minimum absolute atomic E-state index is 0.244. The Hall–Kier alpha value is -2.74. The summed E-state index contributed by atoms with van der Waals surface area (Å²) in [5.74, 6) is -0.244. The first-order chi connectivity index (χ1) is 12.0. The fourth-order valence-electron chi connectivity index (χ4n) is 2.36. The number of anilines is 1. The molecular formula is C17H19FN6S. The predicted octanol–water partition coefficient (Wildman–Crippen LogP) is 2.60. The van der Waals surface area contributed by atoms with Crippen LogP contribution in [0.25, 0.3) is 0 Å². The third-order valence-electron chi connectivity index (χ3n) is 3.74. The second-order valence-electron chi connectivity index (χ2n) is 5.76. The SMILES string of the molecule is Cc1cc(CNC(=S)Nc2cnn(Cc3ccc(F)cc3)c2)nn1C. The lowest BCUT2D eigenvalue weighted by Gasteiger charge is -2.07. The number of hydrogen-bond acceptors (Lipinski definition) is 3. The first-order valence-corrected chi connectivity index (χ1v) is 8.22. The summed E-state index contributed by atoms with van der Waals surface area (Å²) in [6.07, 6.45) is 3.55. The Labute approximate surface area is 150 Å². The van der Waals surface area contributed by atoms with Gasteiger partial charge in [-0.15, -0.1) is 0 Å². The molecule has 25 heavy (non-hydrogen) atoms. The Balaban J connectivity index is 1.51. The van der Waals surface area contributed by atoms with E-state index in [0.29, 0.717) is 18.2 Å². The van der Waals surface area contributed by atoms with E-state index in [1.54, 1.807) is 23.0 Å². The molecule has 130 valence electrons. The van der Waals surface area contributed by atoms with E-state index in [0.717, 1.165) is 22.6 Å². The molecule has 0 fully saturated rings. The maximum Gasteiger partial charge on any atom is 0.171 e. The summed E-state index contributed by atoms with van der Waals surface area (Å²) in [6, 6.07) is 8.37. The van der Waals surface area contributed by atoms with E-state index < -0.39 is 0 Å². The highest BCUT2D eigenvalue weighted by atomic mass is 32.1. The van der Waals surface area contributed by atoms with Crippen molar-refractivity contribution in [1.29, 1.82) is 0 Å². The highest BCUT2D eigenvalue weighted by molar-refractivity contribution is 7.80. The van der Waals surface area contributed by atoms with Gasteiger partial charge in [-0.1, -0.05) is 12.1 Å². The zero-order valence-corrected chi connectivity index (χ0v) is 14.8. The smallest absolute Gasteiger partial charge is 0.171 e. The summed E-state index contributed by atoms with van der Waals surface area (Å²) in [7, 11) is 1.91. The molecular weight excluding hydrogens is 339 g/mol. The summed E-state index contributed by atoms with van der Waals surface area (Å²) >= 11 is 5.29. The van der Waals surface area contributed by atoms with Crippen molar-refractivity contribution in [2.24, 2.45) is 7.05 Å². The van der Waals surface area contributed by atoms with Gasteiger partial charge in [-0.05, 0) is 42.9 Å². The number of aryl methyl sites for hydroxylation is 2. The molecule has 0 atom stereocenters. The van der Waals surface area contributed by atoms with Gasteiger partial charge in [-0.3, -0.25) is 9.36 Å². The van der Waals surface area contributed by atoms with Crippen LogP contribution in [0.3, 0.4) is 0 Å². The number of aromatic nitrogens is 4. The van der Waals surface area contributed by atoms with Gasteiger partial charge in [0.15, 0.2) is 5.11 Å². The number of hydrogen-bond donors (Lipinski definition) is 2. The molecule has 0 radical (unpaired) electrons.